The van der Waals surface area contributed by atoms with E-state index in [4.69, 9.17) is 5.73 Å². The van der Waals surface area contributed by atoms with Gasteiger partial charge in [-0.15, -0.1) is 11.3 Å². The summed E-state index contributed by atoms with van der Waals surface area (Å²) in [4.78, 5) is 6.56. The van der Waals surface area contributed by atoms with Crippen LogP contribution >= 0.6 is 11.3 Å². The predicted molar refractivity (Wildman–Crippen MR) is 46.4 cm³/mol. The Balaban J connectivity index is 1.95. The molecule has 0 spiro atoms. The third-order valence-corrected chi connectivity index (χ3v) is 2.73. The average Bonchev–Trinajstić information content (AvgIpc) is 2.27. The van der Waals surface area contributed by atoms with Crippen LogP contribution in [0.2, 0.25) is 0 Å². The lowest BCUT2D eigenvalue weighted by Crippen LogP contribution is -2.36. The number of nitrogen functional groups attached to an aromatic ring is 1. The molecule has 0 aromatic carbocycles. The Bertz CT molecular complexity index is 242. The Morgan fingerprint density at radius 3 is 2.91 bits per heavy atom. The van der Waals surface area contributed by atoms with Crippen LogP contribution in [0.4, 0.5) is 5.82 Å². The van der Waals surface area contributed by atoms with E-state index in [-0.39, 0.29) is 0 Å². The molecule has 0 amide bonds. The zero-order valence-electron chi connectivity index (χ0n) is 6.29. The monoisotopic (exact) mass is 169 g/mol. The van der Waals surface area contributed by atoms with Crippen LogP contribution in [0, 0.1) is 0 Å². The minimum atomic E-state index is 0.658. The van der Waals surface area contributed by atoms with E-state index >= 15 is 0 Å². The second kappa shape index (κ2) is 2.79. The van der Waals surface area contributed by atoms with Crippen molar-refractivity contribution < 1.29 is 0 Å². The number of hydrogen-bond donors (Lipinski definition) is 1. The molecule has 60 valence electrons. The number of aromatic nitrogens is 1. The molecular weight excluding hydrogens is 158 g/mol. The van der Waals surface area contributed by atoms with E-state index in [2.05, 4.69) is 9.88 Å². The largest absolute Gasteiger partial charge is 0.383 e. The molecule has 11 heavy (non-hydrogen) atoms. The lowest BCUT2D eigenvalue weighted by Gasteiger charge is -2.29. The first-order valence-corrected chi connectivity index (χ1v) is 4.65. The van der Waals surface area contributed by atoms with Gasteiger partial charge in [-0.3, -0.25) is 4.90 Å². The molecule has 0 saturated carbocycles. The summed E-state index contributed by atoms with van der Waals surface area (Å²) in [6.45, 7) is 3.43. The smallest absolute Gasteiger partial charge is 0.134 e. The topological polar surface area (TPSA) is 42.1 Å². The molecule has 2 rings (SSSR count). The molecule has 4 heteroatoms. The van der Waals surface area contributed by atoms with Gasteiger partial charge in [0.25, 0.3) is 0 Å². The zero-order chi connectivity index (χ0) is 7.68. The van der Waals surface area contributed by atoms with Crippen LogP contribution in [0.15, 0.2) is 5.38 Å². The van der Waals surface area contributed by atoms with Crippen LogP contribution in [0.25, 0.3) is 0 Å². The number of thiazole rings is 1. The molecule has 0 aliphatic carbocycles. The van der Waals surface area contributed by atoms with Gasteiger partial charge in [-0.2, -0.15) is 0 Å². The van der Waals surface area contributed by atoms with Gasteiger partial charge in [0.1, 0.15) is 10.8 Å². The lowest BCUT2D eigenvalue weighted by molar-refractivity contribution is 0.172. The van der Waals surface area contributed by atoms with Crippen molar-refractivity contribution in [1.82, 2.24) is 9.88 Å². The number of likely N-dealkylation sites (tertiary alicyclic amines) is 1. The molecular formula is C7H11N3S. The standard InChI is InChI=1S/C7H11N3S/c8-6-5-11-7(9-6)4-10-2-1-3-10/h5H,1-4,8H2. The van der Waals surface area contributed by atoms with Gasteiger partial charge in [0, 0.05) is 5.38 Å². The van der Waals surface area contributed by atoms with Crippen LogP contribution < -0.4 is 5.73 Å². The minimum Gasteiger partial charge on any atom is -0.383 e. The van der Waals surface area contributed by atoms with Crippen molar-refractivity contribution in [2.24, 2.45) is 0 Å². The summed E-state index contributed by atoms with van der Waals surface area (Å²) >= 11 is 1.65. The van der Waals surface area contributed by atoms with Crippen molar-refractivity contribution in [1.29, 1.82) is 0 Å². The molecule has 1 saturated heterocycles. The number of nitrogens with zero attached hydrogens (tertiary/aromatic N) is 2. The highest BCUT2D eigenvalue weighted by Crippen LogP contribution is 2.16. The lowest BCUT2D eigenvalue weighted by atomic mass is 10.2. The summed E-state index contributed by atoms with van der Waals surface area (Å²) in [6.07, 6.45) is 1.33. The predicted octanol–water partition coefficient (Wildman–Crippen LogP) is 0.931. The van der Waals surface area contributed by atoms with E-state index in [1.54, 1.807) is 11.3 Å². The molecule has 1 aliphatic rings. The highest BCUT2D eigenvalue weighted by atomic mass is 32.1. The summed E-state index contributed by atoms with van der Waals surface area (Å²) in [5, 5.41) is 3.04. The van der Waals surface area contributed by atoms with Crippen molar-refractivity contribution in [3.63, 3.8) is 0 Å². The van der Waals surface area contributed by atoms with E-state index in [0.29, 0.717) is 5.82 Å². The fourth-order valence-corrected chi connectivity index (χ4v) is 1.85. The molecule has 3 nitrogen and oxygen atoms in total. The van der Waals surface area contributed by atoms with E-state index in [1.807, 2.05) is 5.38 Å². The van der Waals surface area contributed by atoms with Gasteiger partial charge >= 0.3 is 0 Å². The van der Waals surface area contributed by atoms with Gasteiger partial charge in [0.15, 0.2) is 0 Å². The van der Waals surface area contributed by atoms with Gasteiger partial charge in [0.05, 0.1) is 6.54 Å². The Kier molecular flexibility index (Phi) is 1.79. The first-order chi connectivity index (χ1) is 5.34. The number of hydrogen-bond acceptors (Lipinski definition) is 4. The SMILES string of the molecule is Nc1csc(CN2CCC2)n1. The molecule has 1 fully saturated rings. The van der Waals surface area contributed by atoms with Crippen LogP contribution in [0.3, 0.4) is 0 Å². The number of nitrogens with two attached hydrogens (primary N) is 1. The highest BCUT2D eigenvalue weighted by Gasteiger charge is 2.14. The molecule has 2 heterocycles. The quantitative estimate of drug-likeness (QED) is 0.716. The minimum absolute atomic E-state index is 0.658. The Morgan fingerprint density at radius 1 is 1.64 bits per heavy atom. The van der Waals surface area contributed by atoms with Gasteiger partial charge in [-0.25, -0.2) is 4.98 Å². The second-order valence-electron chi connectivity index (χ2n) is 2.80. The van der Waals surface area contributed by atoms with Gasteiger partial charge in [-0.05, 0) is 19.5 Å². The molecule has 0 radical (unpaired) electrons. The van der Waals surface area contributed by atoms with E-state index in [1.165, 1.54) is 19.5 Å². The molecule has 0 bridgehead atoms. The fraction of sp³-hybridized carbons (Fsp3) is 0.571. The van der Waals surface area contributed by atoms with E-state index < -0.39 is 0 Å². The van der Waals surface area contributed by atoms with Crippen LogP contribution in [-0.4, -0.2) is 23.0 Å². The van der Waals surface area contributed by atoms with Gasteiger partial charge in [0.2, 0.25) is 0 Å². The van der Waals surface area contributed by atoms with Crippen LogP contribution in [0.5, 0.6) is 0 Å². The second-order valence-corrected chi connectivity index (χ2v) is 3.74. The van der Waals surface area contributed by atoms with Gasteiger partial charge < -0.3 is 5.73 Å². The Hall–Kier alpha value is -0.610. The van der Waals surface area contributed by atoms with Crippen molar-refractivity contribution in [3.05, 3.63) is 10.4 Å². The summed E-state index contributed by atoms with van der Waals surface area (Å²) < 4.78 is 0. The first-order valence-electron chi connectivity index (χ1n) is 3.77. The molecule has 1 aliphatic heterocycles. The number of rotatable bonds is 2. The third-order valence-electron chi connectivity index (χ3n) is 1.88. The molecule has 0 unspecified atom stereocenters. The summed E-state index contributed by atoms with van der Waals surface area (Å²) in [5.74, 6) is 0.658. The summed E-state index contributed by atoms with van der Waals surface area (Å²) in [7, 11) is 0. The van der Waals surface area contributed by atoms with Crippen molar-refractivity contribution in [2.45, 2.75) is 13.0 Å². The zero-order valence-corrected chi connectivity index (χ0v) is 7.10. The molecule has 2 N–H and O–H groups in total. The van der Waals surface area contributed by atoms with Crippen molar-refractivity contribution >= 4 is 17.2 Å². The molecule has 0 atom stereocenters. The number of anilines is 1. The summed E-state index contributed by atoms with van der Waals surface area (Å²) in [5.41, 5.74) is 5.49. The normalized spacial score (nSPS) is 18.2. The van der Waals surface area contributed by atoms with E-state index in [0.717, 1.165) is 11.6 Å². The van der Waals surface area contributed by atoms with Gasteiger partial charge in [-0.1, -0.05) is 0 Å². The Labute approximate surface area is 69.8 Å². The van der Waals surface area contributed by atoms with Crippen molar-refractivity contribution in [3.8, 4) is 0 Å². The van der Waals surface area contributed by atoms with Crippen LogP contribution in [-0.2, 0) is 6.54 Å². The summed E-state index contributed by atoms with van der Waals surface area (Å²) in [6, 6.07) is 0. The van der Waals surface area contributed by atoms with E-state index in [9.17, 15) is 0 Å². The van der Waals surface area contributed by atoms with Crippen LogP contribution in [0.1, 0.15) is 11.4 Å². The maximum atomic E-state index is 5.49. The maximum absolute atomic E-state index is 5.49. The average molecular weight is 169 g/mol. The molecule has 1 aromatic rings. The fourth-order valence-electron chi connectivity index (χ4n) is 1.13. The highest BCUT2D eigenvalue weighted by molar-refractivity contribution is 7.09. The maximum Gasteiger partial charge on any atom is 0.134 e. The third kappa shape index (κ3) is 1.52. The molecule has 1 aromatic heterocycles. The van der Waals surface area contributed by atoms with Crippen molar-refractivity contribution in [2.75, 3.05) is 18.8 Å². The first kappa shape index (κ1) is 7.06. The Morgan fingerprint density at radius 2 is 2.45 bits per heavy atom.